The van der Waals surface area contributed by atoms with Gasteiger partial charge in [0, 0.05) is 20.3 Å². The summed E-state index contributed by atoms with van der Waals surface area (Å²) in [6.07, 6.45) is 1.93. The zero-order valence-electron chi connectivity index (χ0n) is 11.0. The van der Waals surface area contributed by atoms with Crippen LogP contribution in [0, 0.1) is 0 Å². The first kappa shape index (κ1) is 14.6. The minimum absolute atomic E-state index is 0.240. The van der Waals surface area contributed by atoms with Gasteiger partial charge in [-0.05, 0) is 42.7 Å². The molecule has 0 radical (unpaired) electrons. The van der Waals surface area contributed by atoms with Crippen LogP contribution in [0.3, 0.4) is 0 Å². The molecule has 0 fully saturated rings. The molecule has 0 aliphatic rings. The van der Waals surface area contributed by atoms with Crippen LogP contribution in [0.4, 0.5) is 0 Å². The predicted molar refractivity (Wildman–Crippen MR) is 86.7 cm³/mol. The lowest BCUT2D eigenvalue weighted by Gasteiger charge is -2.11. The molecule has 0 amide bonds. The molecular weight excluding hydrogens is 318 g/mol. The maximum atomic E-state index is 6.01. The number of hydrogen-bond donors (Lipinski definition) is 1. The van der Waals surface area contributed by atoms with E-state index < -0.39 is 0 Å². The van der Waals surface area contributed by atoms with Gasteiger partial charge in [-0.2, -0.15) is 0 Å². The van der Waals surface area contributed by atoms with Crippen molar-refractivity contribution in [3.05, 3.63) is 58.6 Å². The van der Waals surface area contributed by atoms with E-state index in [2.05, 4.69) is 65.3 Å². The molecule has 0 saturated carbocycles. The van der Waals surface area contributed by atoms with Crippen molar-refractivity contribution in [3.8, 4) is 0 Å². The molecule has 0 bridgehead atoms. The summed E-state index contributed by atoms with van der Waals surface area (Å²) in [4.78, 5) is 2.50. The van der Waals surface area contributed by atoms with E-state index in [0.29, 0.717) is 0 Å². The van der Waals surface area contributed by atoms with Gasteiger partial charge in [-0.25, -0.2) is 0 Å². The van der Waals surface area contributed by atoms with Crippen molar-refractivity contribution >= 4 is 27.7 Å². The van der Waals surface area contributed by atoms with Crippen LogP contribution >= 0.6 is 27.7 Å². The molecule has 19 heavy (non-hydrogen) atoms. The van der Waals surface area contributed by atoms with E-state index in [4.69, 9.17) is 5.73 Å². The first-order chi connectivity index (χ1) is 9.19. The monoisotopic (exact) mass is 335 g/mol. The van der Waals surface area contributed by atoms with Crippen molar-refractivity contribution in [2.24, 2.45) is 5.73 Å². The third-order valence-electron chi connectivity index (χ3n) is 3.01. The van der Waals surface area contributed by atoms with E-state index in [0.717, 1.165) is 17.3 Å². The Labute approximate surface area is 127 Å². The summed E-state index contributed by atoms with van der Waals surface area (Å²) < 4.78 is 1.15. The molecule has 2 N–H and O–H groups in total. The van der Waals surface area contributed by atoms with E-state index in [1.54, 1.807) is 11.8 Å². The van der Waals surface area contributed by atoms with E-state index in [1.165, 1.54) is 15.4 Å². The number of benzene rings is 2. The number of nitrogens with two attached hydrogens (primary N) is 1. The summed E-state index contributed by atoms with van der Waals surface area (Å²) in [6, 6.07) is 17.2. The Morgan fingerprint density at radius 3 is 2.47 bits per heavy atom. The SMILES string of the molecule is CCC(N)Cc1ccc(Sc2ccccc2)cc1Br. The lowest BCUT2D eigenvalue weighted by atomic mass is 10.1. The van der Waals surface area contributed by atoms with Gasteiger partial charge in [0.1, 0.15) is 0 Å². The Balaban J connectivity index is 2.10. The van der Waals surface area contributed by atoms with E-state index >= 15 is 0 Å². The molecule has 0 saturated heterocycles. The zero-order chi connectivity index (χ0) is 13.7. The van der Waals surface area contributed by atoms with Crippen LogP contribution in [0.1, 0.15) is 18.9 Å². The van der Waals surface area contributed by atoms with Crippen molar-refractivity contribution in [1.82, 2.24) is 0 Å². The van der Waals surface area contributed by atoms with E-state index in [1.807, 2.05) is 6.07 Å². The van der Waals surface area contributed by atoms with Gasteiger partial charge in [-0.15, -0.1) is 0 Å². The van der Waals surface area contributed by atoms with Gasteiger partial charge in [-0.1, -0.05) is 58.9 Å². The normalized spacial score (nSPS) is 12.4. The summed E-state index contributed by atoms with van der Waals surface area (Å²) >= 11 is 5.42. The summed E-state index contributed by atoms with van der Waals surface area (Å²) in [5, 5.41) is 0. The van der Waals surface area contributed by atoms with E-state index in [-0.39, 0.29) is 6.04 Å². The Kier molecular flexibility index (Phi) is 5.49. The molecule has 0 heterocycles. The highest BCUT2D eigenvalue weighted by Crippen LogP contribution is 2.31. The van der Waals surface area contributed by atoms with Crippen molar-refractivity contribution in [2.75, 3.05) is 0 Å². The average Bonchev–Trinajstić information content (AvgIpc) is 2.43. The minimum atomic E-state index is 0.240. The smallest absolute Gasteiger partial charge is 0.0219 e. The Morgan fingerprint density at radius 1 is 1.11 bits per heavy atom. The Morgan fingerprint density at radius 2 is 1.84 bits per heavy atom. The highest BCUT2D eigenvalue weighted by Gasteiger charge is 2.06. The van der Waals surface area contributed by atoms with Crippen LogP contribution in [-0.2, 0) is 6.42 Å². The van der Waals surface area contributed by atoms with Crippen LogP contribution in [0.5, 0.6) is 0 Å². The summed E-state index contributed by atoms with van der Waals surface area (Å²) in [7, 11) is 0. The molecule has 2 aromatic rings. The highest BCUT2D eigenvalue weighted by molar-refractivity contribution is 9.10. The molecule has 1 unspecified atom stereocenters. The van der Waals surface area contributed by atoms with Gasteiger partial charge in [0.05, 0.1) is 0 Å². The second-order valence-electron chi connectivity index (χ2n) is 4.54. The number of hydrogen-bond acceptors (Lipinski definition) is 2. The number of rotatable bonds is 5. The molecule has 1 nitrogen and oxygen atoms in total. The summed E-state index contributed by atoms with van der Waals surface area (Å²) in [6.45, 7) is 2.12. The molecule has 0 spiro atoms. The van der Waals surface area contributed by atoms with Gasteiger partial charge < -0.3 is 5.73 Å². The Hall–Kier alpha value is -0.770. The van der Waals surface area contributed by atoms with Gasteiger partial charge in [0.2, 0.25) is 0 Å². The standard InChI is InChI=1S/C16H18BrNS/c1-2-13(18)10-12-8-9-15(11-16(12)17)19-14-6-4-3-5-7-14/h3-9,11,13H,2,10,18H2,1H3. The van der Waals surface area contributed by atoms with Crippen molar-refractivity contribution in [3.63, 3.8) is 0 Å². The lowest BCUT2D eigenvalue weighted by Crippen LogP contribution is -2.21. The molecular formula is C16H18BrNS. The molecule has 2 rings (SSSR count). The largest absolute Gasteiger partial charge is 0.327 e. The fourth-order valence-electron chi connectivity index (χ4n) is 1.81. The van der Waals surface area contributed by atoms with Crippen LogP contribution in [0.15, 0.2) is 62.8 Å². The summed E-state index contributed by atoms with van der Waals surface area (Å²) in [5.74, 6) is 0. The van der Waals surface area contributed by atoms with Crippen LogP contribution < -0.4 is 5.73 Å². The topological polar surface area (TPSA) is 26.0 Å². The first-order valence-corrected chi connectivity index (χ1v) is 8.07. The second-order valence-corrected chi connectivity index (χ2v) is 6.54. The third-order valence-corrected chi connectivity index (χ3v) is 4.75. The van der Waals surface area contributed by atoms with Gasteiger partial charge >= 0.3 is 0 Å². The maximum Gasteiger partial charge on any atom is 0.0219 e. The van der Waals surface area contributed by atoms with Crippen LogP contribution in [0.25, 0.3) is 0 Å². The molecule has 0 aliphatic carbocycles. The van der Waals surface area contributed by atoms with Crippen molar-refractivity contribution in [1.29, 1.82) is 0 Å². The van der Waals surface area contributed by atoms with Gasteiger partial charge in [0.15, 0.2) is 0 Å². The molecule has 2 aromatic carbocycles. The highest BCUT2D eigenvalue weighted by atomic mass is 79.9. The lowest BCUT2D eigenvalue weighted by molar-refractivity contribution is 0.645. The Bertz CT molecular complexity index is 528. The second kappa shape index (κ2) is 7.13. The molecule has 100 valence electrons. The average molecular weight is 336 g/mol. The first-order valence-electron chi connectivity index (χ1n) is 6.46. The number of halogens is 1. The van der Waals surface area contributed by atoms with Crippen molar-refractivity contribution < 1.29 is 0 Å². The van der Waals surface area contributed by atoms with Gasteiger partial charge in [-0.3, -0.25) is 0 Å². The van der Waals surface area contributed by atoms with E-state index in [9.17, 15) is 0 Å². The van der Waals surface area contributed by atoms with Crippen molar-refractivity contribution in [2.45, 2.75) is 35.6 Å². The fraction of sp³-hybridized carbons (Fsp3) is 0.250. The minimum Gasteiger partial charge on any atom is -0.327 e. The molecule has 1 atom stereocenters. The third kappa shape index (κ3) is 4.37. The predicted octanol–water partition coefficient (Wildman–Crippen LogP) is 4.88. The maximum absolute atomic E-state index is 6.01. The molecule has 3 heteroatoms. The molecule has 0 aliphatic heterocycles. The van der Waals surface area contributed by atoms with Crippen LogP contribution in [-0.4, -0.2) is 6.04 Å². The van der Waals surface area contributed by atoms with Crippen LogP contribution in [0.2, 0.25) is 0 Å². The summed E-state index contributed by atoms with van der Waals surface area (Å²) in [5.41, 5.74) is 7.29. The molecule has 0 aromatic heterocycles. The quantitative estimate of drug-likeness (QED) is 0.842. The fourth-order valence-corrected chi connectivity index (χ4v) is 3.38. The van der Waals surface area contributed by atoms with Gasteiger partial charge in [0.25, 0.3) is 0 Å². The zero-order valence-corrected chi connectivity index (χ0v) is 13.4.